The smallest absolute Gasteiger partial charge is 0.328 e. The number of aromatic nitrogens is 2. The van der Waals surface area contributed by atoms with Crippen molar-refractivity contribution >= 4 is 22.6 Å². The highest BCUT2D eigenvalue weighted by molar-refractivity contribution is 6.31. The van der Waals surface area contributed by atoms with Crippen LogP contribution in [0.25, 0.3) is 11.0 Å². The van der Waals surface area contributed by atoms with Crippen LogP contribution in [0.5, 0.6) is 0 Å². The summed E-state index contributed by atoms with van der Waals surface area (Å²) < 4.78 is 3.24. The van der Waals surface area contributed by atoms with Crippen molar-refractivity contribution in [3.63, 3.8) is 0 Å². The minimum absolute atomic E-state index is 0.0514. The van der Waals surface area contributed by atoms with Gasteiger partial charge in [0.1, 0.15) is 0 Å². The van der Waals surface area contributed by atoms with Gasteiger partial charge in [0.05, 0.1) is 17.1 Å². The molecule has 6 heteroatoms. The Hall–Kier alpha value is -2.08. The number of aryl methyl sites for hydroxylation is 2. The lowest BCUT2D eigenvalue weighted by Gasteiger charge is -2.12. The number of rotatable bonds is 9. The van der Waals surface area contributed by atoms with Crippen molar-refractivity contribution in [3.8, 4) is 0 Å². The standard InChI is InChI=1S/C22H28ClN3O2/c1-25-19-11-10-17(15-20(19)26(2)22(25)28)21(27)9-5-6-13-24-14-12-16-7-3-4-8-18(16)23/h3-4,7-8,10-11,15,21,24,27H,5-6,9,12-14H2,1-2H3. The molecule has 0 radical (unpaired) electrons. The molecule has 0 aliphatic heterocycles. The van der Waals surface area contributed by atoms with E-state index in [1.165, 1.54) is 0 Å². The fourth-order valence-electron chi connectivity index (χ4n) is 3.53. The first-order valence-corrected chi connectivity index (χ1v) is 10.1. The minimum atomic E-state index is -0.511. The second-order valence-corrected chi connectivity index (χ2v) is 7.66. The Bertz CT molecular complexity index is 993. The number of halogens is 1. The molecule has 150 valence electrons. The highest BCUT2D eigenvalue weighted by Gasteiger charge is 2.12. The summed E-state index contributed by atoms with van der Waals surface area (Å²) in [6.07, 6.45) is 3.05. The van der Waals surface area contributed by atoms with E-state index in [1.807, 2.05) is 36.4 Å². The molecule has 0 aliphatic rings. The molecule has 0 saturated heterocycles. The predicted octanol–water partition coefficient (Wildman–Crippen LogP) is 3.57. The summed E-state index contributed by atoms with van der Waals surface area (Å²) >= 11 is 6.16. The third kappa shape index (κ3) is 4.66. The maximum atomic E-state index is 12.0. The first-order chi connectivity index (χ1) is 13.5. The summed E-state index contributed by atoms with van der Waals surface area (Å²) in [6.45, 7) is 1.81. The number of imidazole rings is 1. The Kier molecular flexibility index (Phi) is 6.94. The van der Waals surface area contributed by atoms with Gasteiger partial charge in [0.2, 0.25) is 0 Å². The number of nitrogens with one attached hydrogen (secondary N) is 1. The minimum Gasteiger partial charge on any atom is -0.388 e. The van der Waals surface area contributed by atoms with Crippen LogP contribution in [-0.4, -0.2) is 27.3 Å². The maximum absolute atomic E-state index is 12.0. The second kappa shape index (κ2) is 9.41. The van der Waals surface area contributed by atoms with Crippen molar-refractivity contribution in [1.29, 1.82) is 0 Å². The van der Waals surface area contributed by atoms with Crippen LogP contribution < -0.4 is 11.0 Å². The van der Waals surface area contributed by atoms with E-state index >= 15 is 0 Å². The first-order valence-electron chi connectivity index (χ1n) is 9.76. The molecule has 0 bridgehead atoms. The Morgan fingerprint density at radius 2 is 1.79 bits per heavy atom. The van der Waals surface area contributed by atoms with Gasteiger partial charge in [-0.1, -0.05) is 35.9 Å². The molecule has 0 spiro atoms. The fraction of sp³-hybridized carbons (Fsp3) is 0.409. The largest absolute Gasteiger partial charge is 0.388 e. The molecule has 3 rings (SSSR count). The first kappa shape index (κ1) is 20.6. The molecular weight excluding hydrogens is 374 g/mol. The molecule has 1 heterocycles. The van der Waals surface area contributed by atoms with Gasteiger partial charge in [-0.15, -0.1) is 0 Å². The normalized spacial score (nSPS) is 12.6. The Morgan fingerprint density at radius 3 is 2.57 bits per heavy atom. The lowest BCUT2D eigenvalue weighted by atomic mass is 10.0. The molecule has 2 N–H and O–H groups in total. The molecule has 0 saturated carbocycles. The van der Waals surface area contributed by atoms with Gasteiger partial charge in [0.15, 0.2) is 0 Å². The second-order valence-electron chi connectivity index (χ2n) is 7.25. The van der Waals surface area contributed by atoms with Gasteiger partial charge in [0, 0.05) is 19.1 Å². The molecule has 1 aromatic heterocycles. The zero-order valence-corrected chi connectivity index (χ0v) is 17.2. The molecule has 1 unspecified atom stereocenters. The number of aliphatic hydroxyl groups is 1. The molecule has 0 aliphatic carbocycles. The van der Waals surface area contributed by atoms with Crippen LogP contribution in [0.3, 0.4) is 0 Å². The summed E-state index contributed by atoms with van der Waals surface area (Å²) in [7, 11) is 3.52. The van der Waals surface area contributed by atoms with E-state index in [-0.39, 0.29) is 5.69 Å². The Morgan fingerprint density at radius 1 is 1.04 bits per heavy atom. The Labute approximate surface area is 170 Å². The fourth-order valence-corrected chi connectivity index (χ4v) is 3.76. The summed E-state index contributed by atoms with van der Waals surface area (Å²) in [5, 5.41) is 14.8. The van der Waals surface area contributed by atoms with Crippen molar-refractivity contribution in [2.45, 2.75) is 31.8 Å². The lowest BCUT2D eigenvalue weighted by Crippen LogP contribution is -2.19. The number of unbranched alkanes of at least 4 members (excludes halogenated alkanes) is 1. The highest BCUT2D eigenvalue weighted by atomic mass is 35.5. The molecule has 0 amide bonds. The SMILES string of the molecule is Cn1c(=O)n(C)c2cc(C(O)CCCCNCCc3ccccc3Cl)ccc21. The van der Waals surface area contributed by atoms with Gasteiger partial charge in [-0.3, -0.25) is 9.13 Å². The number of fused-ring (bicyclic) bond motifs is 1. The van der Waals surface area contributed by atoms with Crippen LogP contribution in [0.4, 0.5) is 0 Å². The summed E-state index contributed by atoms with van der Waals surface area (Å²) in [5.74, 6) is 0. The van der Waals surface area contributed by atoms with Crippen molar-refractivity contribution in [1.82, 2.24) is 14.5 Å². The Balaban J connectivity index is 1.41. The van der Waals surface area contributed by atoms with Gasteiger partial charge >= 0.3 is 5.69 Å². The van der Waals surface area contributed by atoms with Gasteiger partial charge < -0.3 is 10.4 Å². The number of aliphatic hydroxyl groups excluding tert-OH is 1. The van der Waals surface area contributed by atoms with Crippen LogP contribution in [0.2, 0.25) is 5.02 Å². The monoisotopic (exact) mass is 401 g/mol. The van der Waals surface area contributed by atoms with Gasteiger partial charge in [-0.25, -0.2) is 4.79 Å². The highest BCUT2D eigenvalue weighted by Crippen LogP contribution is 2.23. The van der Waals surface area contributed by atoms with Crippen LogP contribution in [0.1, 0.15) is 36.5 Å². The van der Waals surface area contributed by atoms with Crippen LogP contribution >= 0.6 is 11.6 Å². The van der Waals surface area contributed by atoms with Crippen molar-refractivity contribution in [3.05, 3.63) is 69.1 Å². The van der Waals surface area contributed by atoms with Crippen LogP contribution in [0.15, 0.2) is 47.3 Å². The number of hydrogen-bond donors (Lipinski definition) is 2. The van der Waals surface area contributed by atoms with Gasteiger partial charge in [0.25, 0.3) is 0 Å². The maximum Gasteiger partial charge on any atom is 0.328 e. The summed E-state index contributed by atoms with van der Waals surface area (Å²) in [6, 6.07) is 13.7. The number of hydrogen-bond acceptors (Lipinski definition) is 3. The molecule has 0 fully saturated rings. The quantitative estimate of drug-likeness (QED) is 0.539. The van der Waals surface area contributed by atoms with E-state index < -0.39 is 6.10 Å². The van der Waals surface area contributed by atoms with E-state index in [4.69, 9.17) is 11.6 Å². The van der Waals surface area contributed by atoms with E-state index in [2.05, 4.69) is 11.4 Å². The molecule has 5 nitrogen and oxygen atoms in total. The zero-order chi connectivity index (χ0) is 20.1. The zero-order valence-electron chi connectivity index (χ0n) is 16.5. The van der Waals surface area contributed by atoms with Gasteiger partial charge in [-0.05, 0) is 68.1 Å². The van der Waals surface area contributed by atoms with E-state index in [0.717, 1.165) is 59.5 Å². The van der Waals surface area contributed by atoms with Crippen molar-refractivity contribution in [2.75, 3.05) is 13.1 Å². The van der Waals surface area contributed by atoms with Crippen molar-refractivity contribution < 1.29 is 5.11 Å². The molecule has 28 heavy (non-hydrogen) atoms. The molecule has 2 aromatic carbocycles. The van der Waals surface area contributed by atoms with E-state index in [9.17, 15) is 9.90 Å². The average Bonchev–Trinajstić information content (AvgIpc) is 2.92. The van der Waals surface area contributed by atoms with Crippen molar-refractivity contribution in [2.24, 2.45) is 14.1 Å². The lowest BCUT2D eigenvalue weighted by molar-refractivity contribution is 0.164. The summed E-state index contributed by atoms with van der Waals surface area (Å²) in [4.78, 5) is 12.0. The number of benzene rings is 2. The summed E-state index contributed by atoms with van der Waals surface area (Å²) in [5.41, 5.74) is 3.71. The van der Waals surface area contributed by atoms with Crippen LogP contribution in [-0.2, 0) is 20.5 Å². The molecule has 3 aromatic rings. The predicted molar refractivity (Wildman–Crippen MR) is 115 cm³/mol. The molecular formula is C22H28ClN3O2. The van der Waals surface area contributed by atoms with E-state index in [0.29, 0.717) is 6.42 Å². The van der Waals surface area contributed by atoms with Crippen LogP contribution in [0, 0.1) is 0 Å². The number of nitrogens with zero attached hydrogens (tertiary/aromatic N) is 2. The molecule has 1 atom stereocenters. The average molecular weight is 402 g/mol. The third-order valence-electron chi connectivity index (χ3n) is 5.29. The third-order valence-corrected chi connectivity index (χ3v) is 5.66. The topological polar surface area (TPSA) is 59.2 Å². The van der Waals surface area contributed by atoms with E-state index in [1.54, 1.807) is 23.2 Å². The van der Waals surface area contributed by atoms with Gasteiger partial charge in [-0.2, -0.15) is 0 Å².